The van der Waals surface area contributed by atoms with Gasteiger partial charge in [-0.05, 0) is 32.9 Å². The van der Waals surface area contributed by atoms with Gasteiger partial charge in [0.05, 0.1) is 6.04 Å². The number of epoxide rings is 1. The number of hydrogen-bond donors (Lipinski definition) is 0. The lowest BCUT2D eigenvalue weighted by atomic mass is 10.1. The van der Waals surface area contributed by atoms with Crippen molar-refractivity contribution in [2.24, 2.45) is 0 Å². The molecule has 2 aliphatic heterocycles. The molecule has 2 unspecified atom stereocenters. The van der Waals surface area contributed by atoms with Crippen LogP contribution >= 0.6 is 0 Å². The van der Waals surface area contributed by atoms with E-state index in [1.807, 2.05) is 0 Å². The van der Waals surface area contributed by atoms with Gasteiger partial charge in [0, 0.05) is 0 Å². The van der Waals surface area contributed by atoms with E-state index in [1.54, 1.807) is 0 Å². The summed E-state index contributed by atoms with van der Waals surface area (Å²) >= 11 is 0. The molecule has 2 aliphatic rings. The third kappa shape index (κ3) is 1.46. The van der Waals surface area contributed by atoms with Crippen molar-refractivity contribution in [3.05, 3.63) is 0 Å². The zero-order chi connectivity index (χ0) is 8.55. The Bertz CT molecular complexity index is 187. The number of rotatable bonds is 2. The highest BCUT2D eigenvalue weighted by molar-refractivity contribution is 5.88. The molecule has 0 N–H and O–H groups in total. The first-order valence-corrected chi connectivity index (χ1v) is 4.73. The van der Waals surface area contributed by atoms with Gasteiger partial charge >= 0.3 is 5.97 Å². The summed E-state index contributed by atoms with van der Waals surface area (Å²) in [5, 5.41) is 0. The van der Waals surface area contributed by atoms with Crippen molar-refractivity contribution >= 4 is 5.97 Å². The fraction of sp³-hybridized carbons (Fsp3) is 0.889. The van der Waals surface area contributed by atoms with E-state index in [4.69, 9.17) is 4.74 Å². The van der Waals surface area contributed by atoms with E-state index in [1.165, 1.54) is 19.3 Å². The van der Waals surface area contributed by atoms with Crippen LogP contribution in [0, 0.1) is 0 Å². The lowest BCUT2D eigenvalue weighted by Crippen LogP contribution is -2.40. The minimum atomic E-state index is -0.108. The molecule has 2 atom stereocenters. The summed E-state index contributed by atoms with van der Waals surface area (Å²) in [4.78, 5) is 13.1. The minimum Gasteiger partial charge on any atom is -0.446 e. The van der Waals surface area contributed by atoms with Crippen molar-refractivity contribution in [1.29, 1.82) is 0 Å². The van der Waals surface area contributed by atoms with E-state index in [9.17, 15) is 4.79 Å². The van der Waals surface area contributed by atoms with Crippen molar-refractivity contribution in [3.8, 4) is 0 Å². The fourth-order valence-corrected chi connectivity index (χ4v) is 1.90. The van der Waals surface area contributed by atoms with Crippen LogP contribution in [0.4, 0.5) is 0 Å². The quantitative estimate of drug-likeness (QED) is 0.573. The van der Waals surface area contributed by atoms with Gasteiger partial charge in [-0.25, -0.2) is 4.79 Å². The molecule has 0 aromatic heterocycles. The van der Waals surface area contributed by atoms with Crippen LogP contribution in [0.2, 0.25) is 0 Å². The molecule has 3 heteroatoms. The average molecular weight is 169 g/mol. The summed E-state index contributed by atoms with van der Waals surface area (Å²) in [7, 11) is 0. The molecule has 2 fully saturated rings. The van der Waals surface area contributed by atoms with E-state index < -0.39 is 0 Å². The zero-order valence-electron chi connectivity index (χ0n) is 7.45. The molecule has 0 amide bonds. The summed E-state index contributed by atoms with van der Waals surface area (Å²) < 4.78 is 4.85. The molecule has 0 radical (unpaired) electrons. The van der Waals surface area contributed by atoms with Crippen molar-refractivity contribution in [3.63, 3.8) is 0 Å². The first-order valence-electron chi connectivity index (χ1n) is 4.73. The number of likely N-dealkylation sites (tertiary alicyclic amines) is 1. The van der Waals surface area contributed by atoms with Crippen LogP contribution in [0.15, 0.2) is 0 Å². The maximum atomic E-state index is 10.7. The van der Waals surface area contributed by atoms with Gasteiger partial charge in [-0.15, -0.1) is 0 Å². The van der Waals surface area contributed by atoms with Crippen LogP contribution in [0.5, 0.6) is 0 Å². The minimum absolute atomic E-state index is 0.0203. The van der Waals surface area contributed by atoms with Crippen molar-refractivity contribution in [2.45, 2.75) is 38.3 Å². The standard InChI is InChI=1S/C9H15NO2/c1-7(8-9(11)12-8)10-5-3-2-4-6-10/h7-8H,2-6H2,1H3. The molecule has 0 bridgehead atoms. The Morgan fingerprint density at radius 3 is 2.50 bits per heavy atom. The van der Waals surface area contributed by atoms with E-state index in [-0.39, 0.29) is 12.1 Å². The van der Waals surface area contributed by atoms with Gasteiger partial charge in [0.25, 0.3) is 0 Å². The van der Waals surface area contributed by atoms with E-state index in [0.29, 0.717) is 6.04 Å². The Morgan fingerprint density at radius 2 is 2.00 bits per heavy atom. The summed E-state index contributed by atoms with van der Waals surface area (Å²) in [6, 6.07) is 0.304. The number of carbonyl (C=O) groups is 1. The Balaban J connectivity index is 1.85. The molecule has 2 saturated heterocycles. The number of ether oxygens (including phenoxy) is 1. The van der Waals surface area contributed by atoms with Gasteiger partial charge in [0.1, 0.15) is 0 Å². The third-order valence-corrected chi connectivity index (χ3v) is 2.82. The lowest BCUT2D eigenvalue weighted by molar-refractivity contribution is -0.117. The smallest absolute Gasteiger partial charge is 0.350 e. The molecule has 3 nitrogen and oxygen atoms in total. The maximum absolute atomic E-state index is 10.7. The summed E-state index contributed by atoms with van der Waals surface area (Å²) in [6.07, 6.45) is 3.77. The third-order valence-electron chi connectivity index (χ3n) is 2.82. The normalized spacial score (nSPS) is 32.8. The number of cyclic esters (lactones) is 1. The molecule has 2 rings (SSSR count). The molecule has 0 aliphatic carbocycles. The second-order valence-electron chi connectivity index (χ2n) is 3.69. The van der Waals surface area contributed by atoms with E-state index in [2.05, 4.69) is 11.8 Å². The average Bonchev–Trinajstić information content (AvgIpc) is 2.83. The fourth-order valence-electron chi connectivity index (χ4n) is 1.90. The van der Waals surface area contributed by atoms with Crippen molar-refractivity contribution in [1.82, 2.24) is 4.90 Å². The topological polar surface area (TPSA) is 32.8 Å². The predicted molar refractivity (Wildman–Crippen MR) is 44.8 cm³/mol. The molecule has 0 spiro atoms. The molecule has 0 aromatic carbocycles. The number of carbonyl (C=O) groups excluding carboxylic acids is 1. The van der Waals surface area contributed by atoms with Gasteiger partial charge in [-0.2, -0.15) is 0 Å². The van der Waals surface area contributed by atoms with Gasteiger partial charge < -0.3 is 4.74 Å². The highest BCUT2D eigenvalue weighted by atomic mass is 16.6. The van der Waals surface area contributed by atoms with Crippen LogP contribution in [-0.4, -0.2) is 36.1 Å². The largest absolute Gasteiger partial charge is 0.446 e. The molecule has 0 saturated carbocycles. The Labute approximate surface area is 72.7 Å². The van der Waals surface area contributed by atoms with Crippen molar-refractivity contribution in [2.75, 3.05) is 13.1 Å². The molecule has 2 heterocycles. The van der Waals surface area contributed by atoms with E-state index >= 15 is 0 Å². The summed E-state index contributed by atoms with van der Waals surface area (Å²) in [5.74, 6) is -0.0203. The predicted octanol–water partition coefficient (Wildman–Crippen LogP) is 0.786. The molecule has 12 heavy (non-hydrogen) atoms. The first-order chi connectivity index (χ1) is 5.79. The van der Waals surface area contributed by atoms with Crippen molar-refractivity contribution < 1.29 is 9.53 Å². The molecular weight excluding hydrogens is 154 g/mol. The highest BCUT2D eigenvalue weighted by Gasteiger charge is 2.45. The maximum Gasteiger partial charge on any atom is 0.350 e. The Kier molecular flexibility index (Phi) is 2.05. The van der Waals surface area contributed by atoms with Crippen LogP contribution < -0.4 is 0 Å². The van der Waals surface area contributed by atoms with E-state index in [0.717, 1.165) is 13.1 Å². The van der Waals surface area contributed by atoms with Crippen LogP contribution in [0.1, 0.15) is 26.2 Å². The molecule has 68 valence electrons. The van der Waals surface area contributed by atoms with Crippen LogP contribution in [0.3, 0.4) is 0 Å². The second kappa shape index (κ2) is 3.05. The Morgan fingerprint density at radius 1 is 1.42 bits per heavy atom. The summed E-state index contributed by atoms with van der Waals surface area (Å²) in [6.45, 7) is 4.35. The number of nitrogens with zero attached hydrogens (tertiary/aromatic N) is 1. The van der Waals surface area contributed by atoms with Crippen LogP contribution in [0.25, 0.3) is 0 Å². The summed E-state index contributed by atoms with van der Waals surface area (Å²) in [5.41, 5.74) is 0. The SMILES string of the molecule is CC(C1OC1=O)N1CCCCC1. The van der Waals surface area contributed by atoms with Crippen LogP contribution in [-0.2, 0) is 9.53 Å². The molecule has 0 aromatic rings. The highest BCUT2D eigenvalue weighted by Crippen LogP contribution is 2.23. The van der Waals surface area contributed by atoms with Gasteiger partial charge in [0.2, 0.25) is 6.10 Å². The zero-order valence-corrected chi connectivity index (χ0v) is 7.45. The monoisotopic (exact) mass is 169 g/mol. The number of piperidine rings is 1. The second-order valence-corrected chi connectivity index (χ2v) is 3.69. The Hall–Kier alpha value is -0.570. The first kappa shape index (κ1) is 8.05. The van der Waals surface area contributed by atoms with Gasteiger partial charge in [-0.1, -0.05) is 6.42 Å². The lowest BCUT2D eigenvalue weighted by Gasteiger charge is -2.30. The van der Waals surface area contributed by atoms with Gasteiger partial charge in [0.15, 0.2) is 0 Å². The molecular formula is C9H15NO2. The number of hydrogen-bond acceptors (Lipinski definition) is 3. The van der Waals surface area contributed by atoms with Gasteiger partial charge in [-0.3, -0.25) is 4.90 Å².